The Morgan fingerprint density at radius 3 is 2.11 bits per heavy atom. The summed E-state index contributed by atoms with van der Waals surface area (Å²) in [7, 11) is 0. The van der Waals surface area contributed by atoms with Crippen molar-refractivity contribution in [2.75, 3.05) is 39.4 Å². The predicted molar refractivity (Wildman–Crippen MR) is 180 cm³/mol. The van der Waals surface area contributed by atoms with Crippen LogP contribution in [0.2, 0.25) is 0 Å². The van der Waals surface area contributed by atoms with Gasteiger partial charge >= 0.3 is 0 Å². The first-order valence-electron chi connectivity index (χ1n) is 16.1. The maximum atomic E-state index is 13.6. The Morgan fingerprint density at radius 1 is 0.787 bits per heavy atom. The fourth-order valence-corrected chi connectivity index (χ4v) is 6.07. The zero-order valence-electron chi connectivity index (χ0n) is 26.6. The average molecular weight is 633 g/mol. The number of Topliss-reactive ketones (excluding diaryl/α,β-unsaturated/α-hetero) is 1. The molecule has 0 bridgehead atoms. The molecular formula is C39H40N2O6. The molecule has 4 aromatic carbocycles. The predicted octanol–water partition coefficient (Wildman–Crippen LogP) is 6.30. The molecule has 0 radical (unpaired) electrons. The largest absolute Gasteiger partial charge is 0.507 e. The molecule has 0 saturated carbocycles. The maximum absolute atomic E-state index is 13.6. The Hall–Kier alpha value is -4.92. The summed E-state index contributed by atoms with van der Waals surface area (Å²) in [5.41, 5.74) is 4.51. The van der Waals surface area contributed by atoms with E-state index in [1.54, 1.807) is 29.2 Å². The lowest BCUT2D eigenvalue weighted by atomic mass is 9.95. The number of aliphatic hydroxyl groups excluding tert-OH is 1. The van der Waals surface area contributed by atoms with Crippen molar-refractivity contribution in [1.82, 2.24) is 9.80 Å². The van der Waals surface area contributed by atoms with Crippen molar-refractivity contribution < 1.29 is 28.9 Å². The van der Waals surface area contributed by atoms with E-state index in [9.17, 15) is 14.7 Å². The van der Waals surface area contributed by atoms with E-state index in [0.717, 1.165) is 41.9 Å². The normalized spacial score (nSPS) is 18.0. The van der Waals surface area contributed by atoms with Gasteiger partial charge in [0.1, 0.15) is 30.5 Å². The molecule has 4 aromatic rings. The summed E-state index contributed by atoms with van der Waals surface area (Å²) in [6.45, 7) is 7.11. The number of amides is 1. The minimum Gasteiger partial charge on any atom is -0.507 e. The zero-order chi connectivity index (χ0) is 32.6. The highest BCUT2D eigenvalue weighted by Gasteiger charge is 2.45. The number of hydrogen-bond donors (Lipinski definition) is 1. The minimum atomic E-state index is -0.736. The molecular weight excluding hydrogens is 592 g/mol. The number of carbonyl (C=O) groups is 2. The van der Waals surface area contributed by atoms with Crippen molar-refractivity contribution in [2.45, 2.75) is 32.6 Å². The Balaban J connectivity index is 1.23. The van der Waals surface area contributed by atoms with Gasteiger partial charge < -0.3 is 24.2 Å². The number of ether oxygens (including phenoxy) is 3. The molecule has 1 amide bonds. The van der Waals surface area contributed by atoms with Gasteiger partial charge in [-0.1, -0.05) is 72.3 Å². The lowest BCUT2D eigenvalue weighted by Gasteiger charge is -2.29. The van der Waals surface area contributed by atoms with E-state index >= 15 is 0 Å². The van der Waals surface area contributed by atoms with Crippen LogP contribution in [0.5, 0.6) is 11.5 Å². The molecule has 242 valence electrons. The van der Waals surface area contributed by atoms with Gasteiger partial charge in [0.15, 0.2) is 0 Å². The quantitative estimate of drug-likeness (QED) is 0.111. The van der Waals surface area contributed by atoms with Crippen molar-refractivity contribution >= 4 is 17.4 Å². The van der Waals surface area contributed by atoms with Gasteiger partial charge in [0.05, 0.1) is 24.8 Å². The molecule has 47 heavy (non-hydrogen) atoms. The van der Waals surface area contributed by atoms with Gasteiger partial charge in [-0.15, -0.1) is 0 Å². The molecule has 2 aliphatic rings. The minimum absolute atomic E-state index is 0.0766. The van der Waals surface area contributed by atoms with Gasteiger partial charge in [-0.2, -0.15) is 0 Å². The van der Waals surface area contributed by atoms with Gasteiger partial charge in [0.25, 0.3) is 11.7 Å². The summed E-state index contributed by atoms with van der Waals surface area (Å²) < 4.78 is 17.4. The average Bonchev–Trinajstić information content (AvgIpc) is 3.36. The lowest BCUT2D eigenvalue weighted by molar-refractivity contribution is -0.140. The second kappa shape index (κ2) is 15.1. The smallest absolute Gasteiger partial charge is 0.295 e. The molecule has 8 heteroatoms. The van der Waals surface area contributed by atoms with Crippen LogP contribution in [0.3, 0.4) is 0 Å². The van der Waals surface area contributed by atoms with Crippen LogP contribution in [0.15, 0.2) is 109 Å². The number of rotatable bonds is 12. The van der Waals surface area contributed by atoms with E-state index in [1.165, 1.54) is 0 Å². The van der Waals surface area contributed by atoms with E-state index in [0.29, 0.717) is 56.5 Å². The van der Waals surface area contributed by atoms with Crippen molar-refractivity contribution in [2.24, 2.45) is 0 Å². The van der Waals surface area contributed by atoms with Crippen molar-refractivity contribution in [1.29, 1.82) is 0 Å². The summed E-state index contributed by atoms with van der Waals surface area (Å²) in [5.74, 6) is -0.208. The van der Waals surface area contributed by atoms with Crippen molar-refractivity contribution in [3.63, 3.8) is 0 Å². The number of carbonyl (C=O) groups excluding carboxylic acids is 2. The number of benzene rings is 4. The Bertz CT molecular complexity index is 1700. The molecule has 0 aromatic heterocycles. The van der Waals surface area contributed by atoms with Gasteiger partial charge in [-0.25, -0.2) is 0 Å². The topological polar surface area (TPSA) is 88.5 Å². The second-order valence-electron chi connectivity index (χ2n) is 11.9. The van der Waals surface area contributed by atoms with Crippen LogP contribution in [0.1, 0.15) is 40.3 Å². The molecule has 1 unspecified atom stereocenters. The molecule has 1 N–H and O–H groups in total. The standard InChI is InChI=1S/C39H40N2O6/c1-28-7-5-10-30(25-28)27-47-34-17-13-32(14-18-34)37(42)35-36(31-11-15-33(16-12-31)46-26-29-8-3-2-4-9-29)41(39(44)38(35)43)20-6-19-40-21-23-45-24-22-40/h2-5,7-18,25,36,42H,6,19-24,26-27H2,1H3/b37-35+. The van der Waals surface area contributed by atoms with E-state index in [-0.39, 0.29) is 11.3 Å². The summed E-state index contributed by atoms with van der Waals surface area (Å²) in [5, 5.41) is 11.6. The zero-order valence-corrected chi connectivity index (χ0v) is 26.6. The summed E-state index contributed by atoms with van der Waals surface area (Å²) in [4.78, 5) is 31.0. The molecule has 2 heterocycles. The third-order valence-corrected chi connectivity index (χ3v) is 8.58. The van der Waals surface area contributed by atoms with Gasteiger partial charge in [-0.3, -0.25) is 14.5 Å². The van der Waals surface area contributed by atoms with Crippen molar-refractivity contribution in [3.8, 4) is 11.5 Å². The first kappa shape index (κ1) is 32.0. The van der Waals surface area contributed by atoms with Crippen LogP contribution in [0.25, 0.3) is 5.76 Å². The Labute approximate surface area is 275 Å². The van der Waals surface area contributed by atoms with Gasteiger partial charge in [-0.05, 0) is 66.4 Å². The number of hydrogen-bond acceptors (Lipinski definition) is 7. The van der Waals surface area contributed by atoms with E-state index < -0.39 is 17.7 Å². The van der Waals surface area contributed by atoms with Crippen molar-refractivity contribution in [3.05, 3.63) is 137 Å². The summed E-state index contributed by atoms with van der Waals surface area (Å²) >= 11 is 0. The third kappa shape index (κ3) is 7.91. The molecule has 1 atom stereocenters. The third-order valence-electron chi connectivity index (χ3n) is 8.58. The summed E-state index contributed by atoms with van der Waals surface area (Å²) in [6.07, 6.45) is 0.689. The van der Waals surface area contributed by atoms with Crippen LogP contribution in [0.4, 0.5) is 0 Å². The highest BCUT2D eigenvalue weighted by molar-refractivity contribution is 6.46. The number of morpholine rings is 1. The monoisotopic (exact) mass is 632 g/mol. The first-order chi connectivity index (χ1) is 23.0. The second-order valence-corrected chi connectivity index (χ2v) is 11.9. The highest BCUT2D eigenvalue weighted by Crippen LogP contribution is 2.40. The first-order valence-corrected chi connectivity index (χ1v) is 16.1. The van der Waals surface area contributed by atoms with E-state index in [2.05, 4.69) is 11.0 Å². The van der Waals surface area contributed by atoms with Crippen LogP contribution in [0, 0.1) is 6.92 Å². The van der Waals surface area contributed by atoms with E-state index in [4.69, 9.17) is 14.2 Å². The lowest BCUT2D eigenvalue weighted by Crippen LogP contribution is -2.38. The fourth-order valence-electron chi connectivity index (χ4n) is 6.07. The van der Waals surface area contributed by atoms with Crippen LogP contribution in [-0.2, 0) is 27.5 Å². The Morgan fingerprint density at radius 2 is 1.43 bits per heavy atom. The molecule has 2 aliphatic heterocycles. The van der Waals surface area contributed by atoms with Gasteiger partial charge in [0, 0.05) is 31.7 Å². The molecule has 0 aliphatic carbocycles. The number of aliphatic hydroxyl groups is 1. The number of nitrogens with zero attached hydrogens (tertiary/aromatic N) is 2. The Kier molecular flexibility index (Phi) is 10.3. The number of aryl methyl sites for hydroxylation is 1. The molecule has 2 saturated heterocycles. The molecule has 6 rings (SSSR count). The van der Waals surface area contributed by atoms with Crippen LogP contribution in [-0.4, -0.2) is 66.0 Å². The molecule has 0 spiro atoms. The molecule has 8 nitrogen and oxygen atoms in total. The number of likely N-dealkylation sites (tertiary alicyclic amines) is 1. The highest BCUT2D eigenvalue weighted by atomic mass is 16.5. The van der Waals surface area contributed by atoms with Crippen LogP contribution < -0.4 is 9.47 Å². The van der Waals surface area contributed by atoms with Gasteiger partial charge in [0.2, 0.25) is 0 Å². The van der Waals surface area contributed by atoms with E-state index in [1.807, 2.05) is 79.7 Å². The number of ketones is 1. The molecule has 2 fully saturated rings. The summed E-state index contributed by atoms with van der Waals surface area (Å²) in [6, 6.07) is 31.6. The maximum Gasteiger partial charge on any atom is 0.295 e. The van der Waals surface area contributed by atoms with Crippen LogP contribution >= 0.6 is 0 Å². The fraction of sp³-hybridized carbons (Fsp3) is 0.282. The SMILES string of the molecule is Cc1cccc(COc2ccc(/C(O)=C3\C(=O)C(=O)N(CCCN4CCOCC4)C3c3ccc(OCc4ccccc4)cc3)cc2)c1.